The van der Waals surface area contributed by atoms with Crippen molar-refractivity contribution in [2.75, 3.05) is 13.2 Å². The zero-order valence-corrected chi connectivity index (χ0v) is 9.82. The molecule has 1 aromatic rings. The van der Waals surface area contributed by atoms with E-state index in [1.807, 2.05) is 13.8 Å². The van der Waals surface area contributed by atoms with Gasteiger partial charge in [-0.05, 0) is 29.8 Å². The molecule has 0 saturated heterocycles. The van der Waals surface area contributed by atoms with Crippen molar-refractivity contribution in [2.24, 2.45) is 0 Å². The fourth-order valence-electron chi connectivity index (χ4n) is 0.906. The number of hydrogen-bond donors (Lipinski definition) is 0. The summed E-state index contributed by atoms with van der Waals surface area (Å²) in [5, 5.41) is 0. The van der Waals surface area contributed by atoms with Crippen molar-refractivity contribution in [3.05, 3.63) is 17.0 Å². The van der Waals surface area contributed by atoms with Crippen molar-refractivity contribution in [1.82, 2.24) is 9.97 Å². The highest BCUT2D eigenvalue weighted by Gasteiger charge is 2.05. The van der Waals surface area contributed by atoms with E-state index in [1.54, 1.807) is 6.07 Å². The van der Waals surface area contributed by atoms with E-state index in [-0.39, 0.29) is 6.10 Å². The van der Waals surface area contributed by atoms with Crippen molar-refractivity contribution in [2.45, 2.75) is 20.0 Å². The molecule has 0 saturated carbocycles. The summed E-state index contributed by atoms with van der Waals surface area (Å²) < 4.78 is 11.4. The summed E-state index contributed by atoms with van der Waals surface area (Å²) in [5.41, 5.74) is 0. The molecule has 0 aliphatic carbocycles. The second-order valence-electron chi connectivity index (χ2n) is 2.77. The summed E-state index contributed by atoms with van der Waals surface area (Å²) >= 11 is 3.24. The molecule has 1 rings (SSSR count). The maximum Gasteiger partial charge on any atom is 0.217 e. The minimum Gasteiger partial charge on any atom is -0.472 e. The maximum absolute atomic E-state index is 5.49. The first-order chi connectivity index (χ1) is 6.72. The summed E-state index contributed by atoms with van der Waals surface area (Å²) in [6, 6.07) is 1.72. The molecule has 0 aliphatic rings. The Kier molecular flexibility index (Phi) is 4.82. The first-order valence-electron chi connectivity index (χ1n) is 4.44. The van der Waals surface area contributed by atoms with Crippen LogP contribution < -0.4 is 4.74 Å². The second kappa shape index (κ2) is 5.93. The van der Waals surface area contributed by atoms with Gasteiger partial charge in [-0.3, -0.25) is 0 Å². The van der Waals surface area contributed by atoms with E-state index in [0.29, 0.717) is 23.7 Å². The maximum atomic E-state index is 5.49. The molecule has 1 heterocycles. The minimum absolute atomic E-state index is 0.00301. The van der Waals surface area contributed by atoms with Gasteiger partial charge in [0.1, 0.15) is 17.0 Å². The average Bonchev–Trinajstić information content (AvgIpc) is 2.15. The van der Waals surface area contributed by atoms with Gasteiger partial charge in [0.15, 0.2) is 0 Å². The summed E-state index contributed by atoms with van der Waals surface area (Å²) in [6.07, 6.45) is 1.45. The van der Waals surface area contributed by atoms with Crippen LogP contribution in [0.1, 0.15) is 13.8 Å². The standard InChI is InChI=1S/C9H13BrN2O2/c1-3-13-5-7(2)14-9-4-8(10)11-6-12-9/h4,6-7H,3,5H2,1-2H3. The van der Waals surface area contributed by atoms with E-state index >= 15 is 0 Å². The van der Waals surface area contributed by atoms with Gasteiger partial charge < -0.3 is 9.47 Å². The third kappa shape index (κ3) is 4.02. The molecular formula is C9H13BrN2O2. The van der Waals surface area contributed by atoms with Crippen molar-refractivity contribution in [3.8, 4) is 5.88 Å². The summed E-state index contributed by atoms with van der Waals surface area (Å²) in [6.45, 7) is 5.15. The first kappa shape index (κ1) is 11.4. The molecule has 0 bridgehead atoms. The molecule has 1 unspecified atom stereocenters. The van der Waals surface area contributed by atoms with Crippen LogP contribution in [0.3, 0.4) is 0 Å². The Morgan fingerprint density at radius 1 is 1.50 bits per heavy atom. The molecule has 0 radical (unpaired) electrons. The van der Waals surface area contributed by atoms with Gasteiger partial charge in [-0.1, -0.05) is 0 Å². The highest BCUT2D eigenvalue weighted by atomic mass is 79.9. The predicted octanol–water partition coefficient (Wildman–Crippen LogP) is 2.04. The smallest absolute Gasteiger partial charge is 0.217 e. The van der Waals surface area contributed by atoms with Crippen molar-refractivity contribution >= 4 is 15.9 Å². The van der Waals surface area contributed by atoms with Gasteiger partial charge in [-0.25, -0.2) is 9.97 Å². The van der Waals surface area contributed by atoms with Gasteiger partial charge in [-0.2, -0.15) is 0 Å². The molecule has 78 valence electrons. The Hall–Kier alpha value is -0.680. The molecular weight excluding hydrogens is 248 g/mol. The molecule has 14 heavy (non-hydrogen) atoms. The Balaban J connectivity index is 2.43. The van der Waals surface area contributed by atoms with Gasteiger partial charge in [0, 0.05) is 12.7 Å². The number of aromatic nitrogens is 2. The number of ether oxygens (including phenoxy) is 2. The quantitative estimate of drug-likeness (QED) is 0.761. The second-order valence-corrected chi connectivity index (χ2v) is 3.58. The number of hydrogen-bond acceptors (Lipinski definition) is 4. The molecule has 0 N–H and O–H groups in total. The van der Waals surface area contributed by atoms with Gasteiger partial charge in [0.25, 0.3) is 0 Å². The van der Waals surface area contributed by atoms with E-state index in [2.05, 4.69) is 25.9 Å². The third-order valence-electron chi connectivity index (χ3n) is 1.49. The average molecular weight is 261 g/mol. The molecule has 0 aliphatic heterocycles. The zero-order valence-electron chi connectivity index (χ0n) is 8.24. The van der Waals surface area contributed by atoms with Crippen LogP contribution in [0.2, 0.25) is 0 Å². The van der Waals surface area contributed by atoms with E-state index in [1.165, 1.54) is 6.33 Å². The lowest BCUT2D eigenvalue weighted by Crippen LogP contribution is -2.19. The van der Waals surface area contributed by atoms with Crippen LogP contribution in [0, 0.1) is 0 Å². The van der Waals surface area contributed by atoms with Crippen molar-refractivity contribution in [3.63, 3.8) is 0 Å². The van der Waals surface area contributed by atoms with Crippen LogP contribution in [-0.4, -0.2) is 29.3 Å². The lowest BCUT2D eigenvalue weighted by atomic mass is 10.4. The van der Waals surface area contributed by atoms with Crippen LogP contribution in [0.15, 0.2) is 17.0 Å². The van der Waals surface area contributed by atoms with E-state index in [9.17, 15) is 0 Å². The molecule has 5 heteroatoms. The lowest BCUT2D eigenvalue weighted by Gasteiger charge is -2.13. The fraction of sp³-hybridized carbons (Fsp3) is 0.556. The van der Waals surface area contributed by atoms with Crippen molar-refractivity contribution < 1.29 is 9.47 Å². The SMILES string of the molecule is CCOCC(C)Oc1cc(Br)ncn1. The zero-order chi connectivity index (χ0) is 10.4. The highest BCUT2D eigenvalue weighted by Crippen LogP contribution is 2.13. The Morgan fingerprint density at radius 2 is 2.29 bits per heavy atom. The molecule has 1 aromatic heterocycles. The van der Waals surface area contributed by atoms with Gasteiger partial charge in [-0.15, -0.1) is 0 Å². The Labute approximate surface area is 91.8 Å². The topological polar surface area (TPSA) is 44.2 Å². The van der Waals surface area contributed by atoms with Crippen LogP contribution in [-0.2, 0) is 4.74 Å². The van der Waals surface area contributed by atoms with Crippen LogP contribution in [0.4, 0.5) is 0 Å². The lowest BCUT2D eigenvalue weighted by molar-refractivity contribution is 0.0632. The number of rotatable bonds is 5. The normalized spacial score (nSPS) is 12.5. The van der Waals surface area contributed by atoms with E-state index < -0.39 is 0 Å². The Bertz CT molecular complexity index is 283. The molecule has 4 nitrogen and oxygen atoms in total. The largest absolute Gasteiger partial charge is 0.472 e. The summed E-state index contributed by atoms with van der Waals surface area (Å²) in [7, 11) is 0. The van der Waals surface area contributed by atoms with E-state index in [4.69, 9.17) is 9.47 Å². The van der Waals surface area contributed by atoms with Crippen LogP contribution in [0.5, 0.6) is 5.88 Å². The fourth-order valence-corrected chi connectivity index (χ4v) is 1.19. The van der Waals surface area contributed by atoms with Crippen molar-refractivity contribution in [1.29, 1.82) is 0 Å². The summed E-state index contributed by atoms with van der Waals surface area (Å²) in [5.74, 6) is 0.555. The molecule has 0 aromatic carbocycles. The molecule has 0 amide bonds. The predicted molar refractivity (Wildman–Crippen MR) is 56.3 cm³/mol. The van der Waals surface area contributed by atoms with Crippen LogP contribution in [0.25, 0.3) is 0 Å². The van der Waals surface area contributed by atoms with Gasteiger partial charge >= 0.3 is 0 Å². The minimum atomic E-state index is -0.00301. The summed E-state index contributed by atoms with van der Waals surface area (Å²) in [4.78, 5) is 7.87. The Morgan fingerprint density at radius 3 is 2.93 bits per heavy atom. The highest BCUT2D eigenvalue weighted by molar-refractivity contribution is 9.10. The van der Waals surface area contributed by atoms with Crippen LogP contribution >= 0.6 is 15.9 Å². The van der Waals surface area contributed by atoms with Gasteiger partial charge in [0.05, 0.1) is 6.61 Å². The molecule has 0 spiro atoms. The first-order valence-corrected chi connectivity index (χ1v) is 5.23. The molecule has 0 fully saturated rings. The molecule has 1 atom stereocenters. The third-order valence-corrected chi connectivity index (χ3v) is 1.92. The van der Waals surface area contributed by atoms with E-state index in [0.717, 1.165) is 0 Å². The monoisotopic (exact) mass is 260 g/mol. The van der Waals surface area contributed by atoms with Gasteiger partial charge in [0.2, 0.25) is 5.88 Å². The number of halogens is 1. The number of nitrogens with zero attached hydrogens (tertiary/aromatic N) is 2.